The first-order chi connectivity index (χ1) is 23.3. The summed E-state index contributed by atoms with van der Waals surface area (Å²) in [6.45, 7) is 3.58. The van der Waals surface area contributed by atoms with Crippen LogP contribution >= 0.6 is 22.7 Å². The van der Waals surface area contributed by atoms with E-state index >= 15 is 0 Å². The number of allylic oxidation sites excluding steroid dienone is 4. The molecule has 3 aliphatic rings. The summed E-state index contributed by atoms with van der Waals surface area (Å²) >= 11 is 2.04. The molecule has 0 radical (unpaired) electrons. The van der Waals surface area contributed by atoms with Crippen molar-refractivity contribution in [2.24, 2.45) is 9.98 Å². The number of aliphatic imine (C=N–C) groups is 2. The van der Waals surface area contributed by atoms with Gasteiger partial charge in [0.2, 0.25) is 21.8 Å². The first-order valence-electron chi connectivity index (χ1n) is 13.7. The second-order valence-electron chi connectivity index (χ2n) is 11.1. The summed E-state index contributed by atoms with van der Waals surface area (Å²) in [6, 6.07) is 9.48. The van der Waals surface area contributed by atoms with Crippen molar-refractivity contribution in [1.82, 2.24) is 9.97 Å². The van der Waals surface area contributed by atoms with Crippen LogP contribution in [0.2, 0.25) is 0 Å². The van der Waals surface area contributed by atoms with E-state index in [0.29, 0.717) is 33.3 Å². The van der Waals surface area contributed by atoms with Gasteiger partial charge in [0.05, 0.1) is 26.6 Å². The molecule has 0 saturated carbocycles. The molecule has 0 aliphatic heterocycles. The zero-order chi connectivity index (χ0) is 35.1. The number of Topliss-reactive ketones (excluding diaryl/α,β-unsaturated/α-hetero) is 2. The van der Waals surface area contributed by atoms with Crippen molar-refractivity contribution in [3.8, 4) is 34.0 Å². The molecule has 0 unspecified atom stereocenters. The Balaban J connectivity index is 1.34. The first kappa shape index (κ1) is 31.2. The number of thiazole rings is 2. The van der Waals surface area contributed by atoms with Gasteiger partial charge in [-0.15, -0.1) is 0 Å². The number of fused-ring (bicyclic) bond motifs is 5. The number of hydrogen-bond acceptors (Lipinski definition) is 12. The van der Waals surface area contributed by atoms with Crippen molar-refractivity contribution in [3.05, 3.63) is 92.3 Å². The molecule has 0 atom stereocenters. The van der Waals surface area contributed by atoms with Crippen LogP contribution in [-0.2, 0) is 5.41 Å². The summed E-state index contributed by atoms with van der Waals surface area (Å²) in [5.74, 6) is -6.83. The largest absolute Gasteiger partial charge is 0.287 e. The Hall–Kier alpha value is -6.46. The Morgan fingerprint density at radius 2 is 0.959 bits per heavy atom. The molecule has 3 aliphatic carbocycles. The van der Waals surface area contributed by atoms with Crippen LogP contribution in [0.3, 0.4) is 0 Å². The minimum atomic E-state index is -1.29. The van der Waals surface area contributed by atoms with Gasteiger partial charge < -0.3 is 0 Å². The van der Waals surface area contributed by atoms with Gasteiger partial charge in [0.15, 0.2) is 23.3 Å². The van der Waals surface area contributed by atoms with E-state index < -0.39 is 62.8 Å². The summed E-state index contributed by atoms with van der Waals surface area (Å²) in [5, 5.41) is 38.3. The number of nitriles is 4. The highest BCUT2D eigenvalue weighted by Gasteiger charge is 2.44. The van der Waals surface area contributed by atoms with Crippen LogP contribution in [-0.4, -0.2) is 33.0 Å². The van der Waals surface area contributed by atoms with Gasteiger partial charge in [-0.1, -0.05) is 22.7 Å². The van der Waals surface area contributed by atoms with Gasteiger partial charge in [0, 0.05) is 33.4 Å². The number of benzene rings is 2. The summed E-state index contributed by atoms with van der Waals surface area (Å²) in [4.78, 5) is 45.6. The smallest absolute Gasteiger partial charge is 0.212 e. The number of rotatable bonds is 2. The van der Waals surface area contributed by atoms with Crippen molar-refractivity contribution in [2.75, 3.05) is 0 Å². The molecule has 2 heterocycles. The predicted octanol–water partition coefficient (Wildman–Crippen LogP) is 7.00. The zero-order valence-corrected chi connectivity index (χ0v) is 26.2. The van der Waals surface area contributed by atoms with Gasteiger partial charge in [0.1, 0.15) is 46.8 Å². The first-order valence-corrected chi connectivity index (χ1v) is 15.4. The monoisotopic (exact) mass is 690 g/mol. The SMILES string of the molecule is CC1(C)c2nc(N=C3C(=O)c4cc(F)c(F)cc4C3=C(C#N)C#N)sc2-c2sc(N=C3C(=O)c4cc(F)c(F)cc4C3=C(C#N)C#N)nc21. The summed E-state index contributed by atoms with van der Waals surface area (Å²) < 4.78 is 56.5. The van der Waals surface area contributed by atoms with Crippen LogP contribution in [0.15, 0.2) is 45.4 Å². The maximum Gasteiger partial charge on any atom is 0.212 e. The van der Waals surface area contributed by atoms with E-state index in [2.05, 4.69) is 20.0 Å². The van der Waals surface area contributed by atoms with Crippen LogP contribution < -0.4 is 0 Å². The van der Waals surface area contributed by atoms with Gasteiger partial charge in [-0.05, 0) is 38.1 Å². The lowest BCUT2D eigenvalue weighted by molar-refractivity contribution is 0.106. The van der Waals surface area contributed by atoms with E-state index in [0.717, 1.165) is 34.8 Å². The number of aromatic nitrogens is 2. The standard InChI is InChI=1S/C33H10F4N8O2S2/c1-33(2)29-27(48-31(44-29)42-23-21(11(7-38)8-39)13-3-17(34)19(36)5-15(13)25(23)46)28-30(33)45-32(49-28)43-24-22(12(9-40)10-41)14-4-18(35)20(37)6-16(14)26(24)47/h3-6H,1-2H3. The van der Waals surface area contributed by atoms with Crippen molar-refractivity contribution in [3.63, 3.8) is 0 Å². The second-order valence-corrected chi connectivity index (χ2v) is 13.1. The Bertz CT molecular complexity index is 2410. The summed E-state index contributed by atoms with van der Waals surface area (Å²) in [7, 11) is 0. The molecule has 7 rings (SSSR count). The maximum atomic E-state index is 14.2. The van der Waals surface area contributed by atoms with Crippen molar-refractivity contribution >= 4 is 67.1 Å². The minimum absolute atomic E-state index is 0.0261. The van der Waals surface area contributed by atoms with Gasteiger partial charge in [-0.25, -0.2) is 37.5 Å². The fraction of sp³-hybridized carbons (Fsp3) is 0.0909. The van der Waals surface area contributed by atoms with E-state index in [1.54, 1.807) is 38.1 Å². The third-order valence-electron chi connectivity index (χ3n) is 8.04. The normalized spacial score (nSPS) is 16.5. The predicted molar refractivity (Wildman–Crippen MR) is 167 cm³/mol. The molecule has 4 aromatic rings. The average molecular weight is 691 g/mol. The molecule has 0 saturated heterocycles. The van der Waals surface area contributed by atoms with E-state index in [9.17, 15) is 48.2 Å². The fourth-order valence-corrected chi connectivity index (χ4v) is 8.12. The van der Waals surface area contributed by atoms with Crippen LogP contribution in [0.1, 0.15) is 57.1 Å². The summed E-state index contributed by atoms with van der Waals surface area (Å²) in [5.41, 5.74) is -3.09. The third kappa shape index (κ3) is 4.40. The highest BCUT2D eigenvalue weighted by atomic mass is 32.1. The van der Waals surface area contributed by atoms with Crippen LogP contribution in [0.5, 0.6) is 0 Å². The summed E-state index contributed by atoms with van der Waals surface area (Å²) in [6.07, 6.45) is 0. The van der Waals surface area contributed by atoms with Crippen LogP contribution in [0.25, 0.3) is 20.9 Å². The molecular weight excluding hydrogens is 681 g/mol. The lowest BCUT2D eigenvalue weighted by Gasteiger charge is -2.15. The number of hydrogen-bond donors (Lipinski definition) is 0. The number of carbonyl (C=O) groups excluding carboxylic acids is 2. The number of carbonyl (C=O) groups is 2. The van der Waals surface area contributed by atoms with Crippen LogP contribution in [0, 0.1) is 68.6 Å². The molecule has 0 fully saturated rings. The topological polar surface area (TPSA) is 180 Å². The number of ketones is 2. The van der Waals surface area contributed by atoms with E-state index in [-0.39, 0.29) is 43.7 Å². The molecule has 0 amide bonds. The molecule has 0 N–H and O–H groups in total. The Labute approximate surface area is 280 Å². The van der Waals surface area contributed by atoms with Gasteiger partial charge in [0.25, 0.3) is 0 Å². The van der Waals surface area contributed by atoms with Crippen molar-refractivity contribution in [1.29, 1.82) is 21.0 Å². The lowest BCUT2D eigenvalue weighted by atomic mass is 9.90. The van der Waals surface area contributed by atoms with Crippen molar-refractivity contribution < 1.29 is 27.2 Å². The molecular formula is C33H10F4N8O2S2. The number of halogens is 4. The molecule has 2 aromatic carbocycles. The minimum Gasteiger partial charge on any atom is -0.287 e. The Morgan fingerprint density at radius 1 is 0.633 bits per heavy atom. The van der Waals surface area contributed by atoms with Gasteiger partial charge in [-0.3, -0.25) is 9.59 Å². The molecule has 10 nitrogen and oxygen atoms in total. The van der Waals surface area contributed by atoms with Crippen LogP contribution in [0.4, 0.5) is 27.8 Å². The molecule has 0 spiro atoms. The third-order valence-corrected chi connectivity index (χ3v) is 10.1. The molecule has 16 heteroatoms. The van der Waals surface area contributed by atoms with E-state index in [1.807, 2.05) is 0 Å². The second kappa shape index (κ2) is 10.8. The lowest BCUT2D eigenvalue weighted by Crippen LogP contribution is -2.16. The quantitative estimate of drug-likeness (QED) is 0.159. The Morgan fingerprint density at radius 3 is 1.29 bits per heavy atom. The van der Waals surface area contributed by atoms with Crippen molar-refractivity contribution in [2.45, 2.75) is 19.3 Å². The zero-order valence-electron chi connectivity index (χ0n) is 24.5. The highest BCUT2D eigenvalue weighted by molar-refractivity contribution is 7.25. The molecule has 2 aromatic heterocycles. The highest BCUT2D eigenvalue weighted by Crippen LogP contribution is 2.56. The van der Waals surface area contributed by atoms with E-state index in [1.165, 1.54) is 0 Å². The molecule has 49 heavy (non-hydrogen) atoms. The van der Waals surface area contributed by atoms with E-state index in [4.69, 9.17) is 0 Å². The Kier molecular flexibility index (Phi) is 6.86. The molecule has 0 bridgehead atoms. The fourth-order valence-electron chi connectivity index (χ4n) is 5.79. The van der Waals surface area contributed by atoms with Gasteiger partial charge in [-0.2, -0.15) is 21.0 Å². The maximum absolute atomic E-state index is 14.2. The average Bonchev–Trinajstić information content (AvgIpc) is 3.84. The molecule has 234 valence electrons. The van der Waals surface area contributed by atoms with Gasteiger partial charge >= 0.3 is 0 Å². The number of nitrogens with zero attached hydrogens (tertiary/aromatic N) is 8.